The highest BCUT2D eigenvalue weighted by atomic mass is 32.2. The topological polar surface area (TPSA) is 117 Å². The molecule has 0 saturated heterocycles. The number of aromatic nitrogens is 3. The minimum Gasteiger partial charge on any atom is -0.493 e. The Morgan fingerprint density at radius 3 is 2.78 bits per heavy atom. The third kappa shape index (κ3) is 4.34. The van der Waals surface area contributed by atoms with Gasteiger partial charge in [-0.05, 0) is 29.8 Å². The van der Waals surface area contributed by atoms with Gasteiger partial charge in [-0.1, -0.05) is 17.8 Å². The molecular formula is C17H19N5O4S. The molecule has 0 aliphatic rings. The van der Waals surface area contributed by atoms with Crippen molar-refractivity contribution in [1.29, 1.82) is 0 Å². The number of thioether (sulfide) groups is 1. The summed E-state index contributed by atoms with van der Waals surface area (Å²) in [5.74, 6) is 8.11. The van der Waals surface area contributed by atoms with Gasteiger partial charge in [-0.2, -0.15) is 0 Å². The lowest BCUT2D eigenvalue weighted by atomic mass is 10.2. The molecule has 0 spiro atoms. The highest BCUT2D eigenvalue weighted by Gasteiger charge is 2.15. The van der Waals surface area contributed by atoms with Crippen LogP contribution >= 0.6 is 11.8 Å². The Labute approximate surface area is 159 Å². The highest BCUT2D eigenvalue weighted by molar-refractivity contribution is 7.99. The summed E-state index contributed by atoms with van der Waals surface area (Å²) in [7, 11) is 3.14. The summed E-state index contributed by atoms with van der Waals surface area (Å²) >= 11 is 1.19. The van der Waals surface area contributed by atoms with Crippen LogP contribution in [-0.4, -0.2) is 40.8 Å². The van der Waals surface area contributed by atoms with Crippen LogP contribution in [-0.2, 0) is 11.3 Å². The molecule has 1 aromatic carbocycles. The molecule has 142 valence electrons. The van der Waals surface area contributed by atoms with Crippen LogP contribution in [0.15, 0.2) is 46.2 Å². The van der Waals surface area contributed by atoms with Gasteiger partial charge >= 0.3 is 0 Å². The number of carbonyl (C=O) groups is 1. The Bertz CT molecular complexity index is 910. The molecular weight excluding hydrogens is 370 g/mol. The Kier molecular flexibility index (Phi) is 5.87. The second-order valence-electron chi connectivity index (χ2n) is 5.41. The van der Waals surface area contributed by atoms with Crippen molar-refractivity contribution in [2.75, 3.05) is 25.8 Å². The van der Waals surface area contributed by atoms with E-state index in [2.05, 4.69) is 15.5 Å². The molecule has 3 N–H and O–H groups in total. The van der Waals surface area contributed by atoms with Crippen molar-refractivity contribution >= 4 is 17.7 Å². The molecule has 0 fully saturated rings. The lowest BCUT2D eigenvalue weighted by Crippen LogP contribution is -2.25. The third-order valence-electron chi connectivity index (χ3n) is 3.68. The number of nitrogen functional groups attached to an aromatic ring is 1. The van der Waals surface area contributed by atoms with Gasteiger partial charge in [-0.25, -0.2) is 4.68 Å². The molecule has 0 aliphatic heterocycles. The predicted octanol–water partition coefficient (Wildman–Crippen LogP) is 1.68. The number of methoxy groups -OCH3 is 2. The molecule has 2 aromatic heterocycles. The minimum atomic E-state index is -0.155. The summed E-state index contributed by atoms with van der Waals surface area (Å²) in [6.45, 7) is 0.368. The second kappa shape index (κ2) is 8.49. The molecule has 0 bridgehead atoms. The zero-order valence-electron chi connectivity index (χ0n) is 14.8. The Balaban J connectivity index is 1.53. The number of rotatable bonds is 8. The minimum absolute atomic E-state index is 0.154. The summed E-state index contributed by atoms with van der Waals surface area (Å²) in [6, 6.07) is 8.94. The van der Waals surface area contributed by atoms with Gasteiger partial charge < -0.3 is 25.1 Å². The van der Waals surface area contributed by atoms with Crippen LogP contribution in [0.3, 0.4) is 0 Å². The van der Waals surface area contributed by atoms with E-state index in [0.717, 1.165) is 5.56 Å². The van der Waals surface area contributed by atoms with Gasteiger partial charge in [0.1, 0.15) is 0 Å². The predicted molar refractivity (Wildman–Crippen MR) is 100.0 cm³/mol. The van der Waals surface area contributed by atoms with E-state index >= 15 is 0 Å². The molecule has 0 unspecified atom stereocenters. The van der Waals surface area contributed by atoms with Gasteiger partial charge in [0.15, 0.2) is 17.3 Å². The van der Waals surface area contributed by atoms with E-state index in [1.807, 2.05) is 12.1 Å². The third-order valence-corrected chi connectivity index (χ3v) is 4.62. The van der Waals surface area contributed by atoms with Gasteiger partial charge in [-0.3, -0.25) is 4.79 Å². The molecule has 3 rings (SSSR count). The van der Waals surface area contributed by atoms with Crippen LogP contribution in [0.25, 0.3) is 11.6 Å². The van der Waals surface area contributed by atoms with Gasteiger partial charge in [0.25, 0.3) is 0 Å². The molecule has 0 atom stereocenters. The summed E-state index contributed by atoms with van der Waals surface area (Å²) < 4.78 is 17.0. The van der Waals surface area contributed by atoms with Crippen LogP contribution in [0.4, 0.5) is 0 Å². The van der Waals surface area contributed by atoms with Crippen LogP contribution in [0, 0.1) is 0 Å². The standard InChI is InChI=1S/C17H19N5O4S/c1-24-12-6-5-11(8-14(12)25-2)9-19-15(23)10-27-17-21-20-16(22(17)18)13-4-3-7-26-13/h3-8H,9-10,18H2,1-2H3,(H,19,23). The molecule has 1 amide bonds. The zero-order chi connectivity index (χ0) is 19.2. The zero-order valence-corrected chi connectivity index (χ0v) is 15.7. The number of hydrogen-bond acceptors (Lipinski definition) is 8. The first-order chi connectivity index (χ1) is 13.1. The fourth-order valence-electron chi connectivity index (χ4n) is 2.32. The molecule has 2 heterocycles. The lowest BCUT2D eigenvalue weighted by Gasteiger charge is -2.10. The molecule has 10 heteroatoms. The number of ether oxygens (including phenoxy) is 2. The van der Waals surface area contributed by atoms with Crippen molar-refractivity contribution in [2.24, 2.45) is 0 Å². The number of amides is 1. The van der Waals surface area contributed by atoms with E-state index in [0.29, 0.717) is 34.8 Å². The van der Waals surface area contributed by atoms with E-state index in [1.54, 1.807) is 32.4 Å². The average Bonchev–Trinajstić information content (AvgIpc) is 3.34. The lowest BCUT2D eigenvalue weighted by molar-refractivity contribution is -0.118. The summed E-state index contributed by atoms with van der Waals surface area (Å²) in [5.41, 5.74) is 0.896. The maximum atomic E-state index is 12.1. The normalized spacial score (nSPS) is 10.6. The Morgan fingerprint density at radius 2 is 2.07 bits per heavy atom. The number of benzene rings is 1. The number of nitrogens with zero attached hydrogens (tertiary/aromatic N) is 3. The van der Waals surface area contributed by atoms with Crippen LogP contribution < -0.4 is 20.6 Å². The van der Waals surface area contributed by atoms with E-state index in [1.165, 1.54) is 22.7 Å². The van der Waals surface area contributed by atoms with Crippen LogP contribution in [0.5, 0.6) is 11.5 Å². The van der Waals surface area contributed by atoms with Crippen molar-refractivity contribution in [3.8, 4) is 23.1 Å². The largest absolute Gasteiger partial charge is 0.493 e. The molecule has 0 saturated carbocycles. The highest BCUT2D eigenvalue weighted by Crippen LogP contribution is 2.27. The van der Waals surface area contributed by atoms with Gasteiger partial charge in [-0.15, -0.1) is 10.2 Å². The monoisotopic (exact) mass is 389 g/mol. The summed E-state index contributed by atoms with van der Waals surface area (Å²) in [6.07, 6.45) is 1.53. The maximum absolute atomic E-state index is 12.1. The second-order valence-corrected chi connectivity index (χ2v) is 6.35. The Morgan fingerprint density at radius 1 is 1.26 bits per heavy atom. The summed E-state index contributed by atoms with van der Waals surface area (Å²) in [4.78, 5) is 12.1. The van der Waals surface area contributed by atoms with Gasteiger partial charge in [0.2, 0.25) is 16.9 Å². The van der Waals surface area contributed by atoms with E-state index in [9.17, 15) is 4.79 Å². The number of nitrogens with two attached hydrogens (primary N) is 1. The molecule has 0 radical (unpaired) electrons. The van der Waals surface area contributed by atoms with Gasteiger partial charge in [0, 0.05) is 6.54 Å². The number of hydrogen-bond donors (Lipinski definition) is 2. The SMILES string of the molecule is COc1ccc(CNC(=O)CSc2nnc(-c3ccco3)n2N)cc1OC. The summed E-state index contributed by atoms with van der Waals surface area (Å²) in [5, 5.41) is 11.2. The first-order valence-corrected chi connectivity index (χ1v) is 8.95. The maximum Gasteiger partial charge on any atom is 0.230 e. The van der Waals surface area contributed by atoms with E-state index < -0.39 is 0 Å². The first-order valence-electron chi connectivity index (χ1n) is 7.97. The fourth-order valence-corrected chi connectivity index (χ4v) is 3.01. The fraction of sp³-hybridized carbons (Fsp3) is 0.235. The number of carbonyl (C=O) groups excluding carboxylic acids is 1. The number of nitrogens with one attached hydrogen (secondary N) is 1. The van der Waals surface area contributed by atoms with Crippen molar-refractivity contribution in [3.05, 3.63) is 42.2 Å². The van der Waals surface area contributed by atoms with Crippen molar-refractivity contribution < 1.29 is 18.7 Å². The van der Waals surface area contributed by atoms with Crippen molar-refractivity contribution in [3.63, 3.8) is 0 Å². The molecule has 3 aromatic rings. The molecule has 27 heavy (non-hydrogen) atoms. The smallest absolute Gasteiger partial charge is 0.230 e. The average molecular weight is 389 g/mol. The van der Waals surface area contributed by atoms with E-state index in [-0.39, 0.29) is 11.7 Å². The first kappa shape index (κ1) is 18.6. The van der Waals surface area contributed by atoms with Crippen molar-refractivity contribution in [1.82, 2.24) is 20.2 Å². The van der Waals surface area contributed by atoms with E-state index in [4.69, 9.17) is 19.7 Å². The number of furan rings is 1. The quantitative estimate of drug-likeness (QED) is 0.441. The van der Waals surface area contributed by atoms with Crippen LogP contribution in [0.2, 0.25) is 0 Å². The van der Waals surface area contributed by atoms with Crippen molar-refractivity contribution in [2.45, 2.75) is 11.7 Å². The molecule has 9 nitrogen and oxygen atoms in total. The Hall–Kier alpha value is -3.14. The van der Waals surface area contributed by atoms with Gasteiger partial charge in [0.05, 0.1) is 26.2 Å². The molecule has 0 aliphatic carbocycles. The van der Waals surface area contributed by atoms with Crippen LogP contribution in [0.1, 0.15) is 5.56 Å².